The first-order chi connectivity index (χ1) is 10.2. The van der Waals surface area contributed by atoms with Crippen molar-refractivity contribution in [1.82, 2.24) is 9.97 Å². The molecule has 0 amide bonds. The Hall–Kier alpha value is -2.82. The molecule has 2 aromatic heterocycles. The molecule has 1 N–H and O–H groups in total. The summed E-state index contributed by atoms with van der Waals surface area (Å²) in [6.07, 6.45) is 6.18. The fourth-order valence-corrected chi connectivity index (χ4v) is 2.11. The smallest absolute Gasteiger partial charge is 0.195 e. The molecule has 0 radical (unpaired) electrons. The third kappa shape index (κ3) is 2.45. The minimum atomic E-state index is -0.948. The van der Waals surface area contributed by atoms with Gasteiger partial charge in [0, 0.05) is 41.5 Å². The molecule has 0 atom stereocenters. The lowest BCUT2D eigenvalue weighted by Gasteiger charge is -2.04. The molecule has 2 heterocycles. The monoisotopic (exact) mass is 284 g/mol. The summed E-state index contributed by atoms with van der Waals surface area (Å²) in [7, 11) is 0. The van der Waals surface area contributed by atoms with Crippen molar-refractivity contribution in [2.24, 2.45) is 0 Å². The Morgan fingerprint density at radius 2 is 1.76 bits per heavy atom. The molecule has 104 valence electrons. The van der Waals surface area contributed by atoms with Crippen molar-refractivity contribution >= 4 is 5.78 Å². The van der Waals surface area contributed by atoms with Crippen molar-refractivity contribution in [1.29, 1.82) is 0 Å². The maximum atomic E-state index is 13.3. The number of hydrogen-bond donors (Lipinski definition) is 1. The molecular formula is C16H10F2N2O. The first-order valence-electron chi connectivity index (χ1n) is 6.24. The van der Waals surface area contributed by atoms with E-state index in [1.165, 1.54) is 18.5 Å². The molecule has 3 aromatic rings. The van der Waals surface area contributed by atoms with E-state index in [9.17, 15) is 13.6 Å². The summed E-state index contributed by atoms with van der Waals surface area (Å²) in [5, 5.41) is 0. The van der Waals surface area contributed by atoms with Gasteiger partial charge in [-0.15, -0.1) is 0 Å². The number of carbonyl (C=O) groups excluding carboxylic acids is 1. The van der Waals surface area contributed by atoms with Crippen LogP contribution < -0.4 is 0 Å². The van der Waals surface area contributed by atoms with Crippen LogP contribution in [0.1, 0.15) is 15.9 Å². The largest absolute Gasteiger partial charge is 0.366 e. The van der Waals surface area contributed by atoms with Gasteiger partial charge in [-0.3, -0.25) is 9.78 Å². The molecular weight excluding hydrogens is 274 g/mol. The molecule has 5 heteroatoms. The Morgan fingerprint density at radius 3 is 2.48 bits per heavy atom. The average molecular weight is 284 g/mol. The van der Waals surface area contributed by atoms with Crippen molar-refractivity contribution in [3.8, 4) is 11.1 Å². The van der Waals surface area contributed by atoms with Gasteiger partial charge in [-0.2, -0.15) is 0 Å². The number of carbonyl (C=O) groups is 1. The predicted molar refractivity (Wildman–Crippen MR) is 73.8 cm³/mol. The lowest BCUT2D eigenvalue weighted by atomic mass is 9.98. The number of ketones is 1. The van der Waals surface area contributed by atoms with E-state index in [0.717, 1.165) is 12.1 Å². The molecule has 0 unspecified atom stereocenters. The van der Waals surface area contributed by atoms with E-state index in [0.29, 0.717) is 22.3 Å². The van der Waals surface area contributed by atoms with Gasteiger partial charge in [0.25, 0.3) is 0 Å². The summed E-state index contributed by atoms with van der Waals surface area (Å²) in [4.78, 5) is 19.1. The second-order valence-corrected chi connectivity index (χ2v) is 4.48. The summed E-state index contributed by atoms with van der Waals surface area (Å²) in [5.41, 5.74) is 1.84. The van der Waals surface area contributed by atoms with Crippen LogP contribution in [-0.4, -0.2) is 15.8 Å². The van der Waals surface area contributed by atoms with Crippen LogP contribution in [0.15, 0.2) is 55.1 Å². The van der Waals surface area contributed by atoms with Crippen molar-refractivity contribution in [3.05, 3.63) is 77.9 Å². The maximum Gasteiger partial charge on any atom is 0.195 e. The molecule has 3 nitrogen and oxygen atoms in total. The molecule has 0 spiro atoms. The number of aromatic amines is 1. The van der Waals surface area contributed by atoms with Crippen LogP contribution in [0.3, 0.4) is 0 Å². The fraction of sp³-hybridized carbons (Fsp3) is 0. The first kappa shape index (κ1) is 13.2. The topological polar surface area (TPSA) is 45.8 Å². The average Bonchev–Trinajstić information content (AvgIpc) is 2.99. The van der Waals surface area contributed by atoms with Gasteiger partial charge >= 0.3 is 0 Å². The highest BCUT2D eigenvalue weighted by atomic mass is 19.2. The highest BCUT2D eigenvalue weighted by molar-refractivity contribution is 6.12. The SMILES string of the molecule is O=C(c1ccncc1)c1c[nH]cc1-c1ccc(F)c(F)c1. The Morgan fingerprint density at radius 1 is 1.00 bits per heavy atom. The number of benzene rings is 1. The Labute approximate surface area is 119 Å². The molecule has 0 saturated heterocycles. The van der Waals surface area contributed by atoms with E-state index in [2.05, 4.69) is 9.97 Å². The second-order valence-electron chi connectivity index (χ2n) is 4.48. The lowest BCUT2D eigenvalue weighted by molar-refractivity contribution is 0.103. The zero-order valence-electron chi connectivity index (χ0n) is 10.8. The minimum Gasteiger partial charge on any atom is -0.366 e. The summed E-state index contributed by atoms with van der Waals surface area (Å²) in [5.74, 6) is -2.08. The van der Waals surface area contributed by atoms with Crippen LogP contribution in [0.2, 0.25) is 0 Å². The Balaban J connectivity index is 2.05. The van der Waals surface area contributed by atoms with Gasteiger partial charge in [0.2, 0.25) is 0 Å². The van der Waals surface area contributed by atoms with Gasteiger partial charge in [0.1, 0.15) is 0 Å². The Bertz CT molecular complexity index is 797. The van der Waals surface area contributed by atoms with Crippen LogP contribution in [0.5, 0.6) is 0 Å². The fourth-order valence-electron chi connectivity index (χ4n) is 2.11. The van der Waals surface area contributed by atoms with Crippen LogP contribution in [0.25, 0.3) is 11.1 Å². The minimum absolute atomic E-state index is 0.210. The highest BCUT2D eigenvalue weighted by Gasteiger charge is 2.16. The molecule has 21 heavy (non-hydrogen) atoms. The van der Waals surface area contributed by atoms with Gasteiger partial charge in [0.05, 0.1) is 0 Å². The van der Waals surface area contributed by atoms with Crippen LogP contribution in [0, 0.1) is 11.6 Å². The van der Waals surface area contributed by atoms with Crippen LogP contribution >= 0.6 is 0 Å². The third-order valence-electron chi connectivity index (χ3n) is 3.16. The Kier molecular flexibility index (Phi) is 3.31. The normalized spacial score (nSPS) is 10.6. The first-order valence-corrected chi connectivity index (χ1v) is 6.24. The quantitative estimate of drug-likeness (QED) is 0.747. The van der Waals surface area contributed by atoms with Gasteiger partial charge in [0.15, 0.2) is 17.4 Å². The van der Waals surface area contributed by atoms with E-state index in [1.807, 2.05) is 0 Å². The molecule has 0 aliphatic rings. The molecule has 0 aliphatic heterocycles. The number of rotatable bonds is 3. The molecule has 0 aliphatic carbocycles. The lowest BCUT2D eigenvalue weighted by Crippen LogP contribution is -2.01. The number of hydrogen-bond acceptors (Lipinski definition) is 2. The zero-order valence-corrected chi connectivity index (χ0v) is 10.8. The van der Waals surface area contributed by atoms with Crippen molar-refractivity contribution in [2.45, 2.75) is 0 Å². The number of nitrogens with one attached hydrogen (secondary N) is 1. The van der Waals surface area contributed by atoms with E-state index >= 15 is 0 Å². The maximum absolute atomic E-state index is 13.3. The highest BCUT2D eigenvalue weighted by Crippen LogP contribution is 2.26. The number of pyridine rings is 1. The summed E-state index contributed by atoms with van der Waals surface area (Å²) in [6.45, 7) is 0. The van der Waals surface area contributed by atoms with Gasteiger partial charge in [-0.1, -0.05) is 6.07 Å². The zero-order chi connectivity index (χ0) is 14.8. The van der Waals surface area contributed by atoms with E-state index in [1.54, 1.807) is 24.5 Å². The van der Waals surface area contributed by atoms with Gasteiger partial charge < -0.3 is 4.98 Å². The van der Waals surface area contributed by atoms with Crippen molar-refractivity contribution in [3.63, 3.8) is 0 Å². The molecule has 1 aromatic carbocycles. The van der Waals surface area contributed by atoms with Crippen molar-refractivity contribution < 1.29 is 13.6 Å². The summed E-state index contributed by atoms with van der Waals surface area (Å²) >= 11 is 0. The number of halogens is 2. The molecule has 0 saturated carbocycles. The summed E-state index contributed by atoms with van der Waals surface area (Å²) in [6, 6.07) is 6.75. The second kappa shape index (κ2) is 5.28. The van der Waals surface area contributed by atoms with Crippen LogP contribution in [-0.2, 0) is 0 Å². The van der Waals surface area contributed by atoms with Gasteiger partial charge in [-0.05, 0) is 29.8 Å². The van der Waals surface area contributed by atoms with E-state index in [4.69, 9.17) is 0 Å². The standard InChI is InChI=1S/C16H10F2N2O/c17-14-2-1-11(7-15(14)18)12-8-20-9-13(12)16(21)10-3-5-19-6-4-10/h1-9,20H. The predicted octanol–water partition coefficient (Wildman–Crippen LogP) is 3.59. The van der Waals surface area contributed by atoms with E-state index in [-0.39, 0.29) is 5.78 Å². The molecule has 0 fully saturated rings. The number of H-pyrrole nitrogens is 1. The van der Waals surface area contributed by atoms with E-state index < -0.39 is 11.6 Å². The van der Waals surface area contributed by atoms with Crippen LogP contribution in [0.4, 0.5) is 8.78 Å². The van der Waals surface area contributed by atoms with Gasteiger partial charge in [-0.25, -0.2) is 8.78 Å². The molecule has 3 rings (SSSR count). The molecule has 0 bridgehead atoms. The third-order valence-corrected chi connectivity index (χ3v) is 3.16. The van der Waals surface area contributed by atoms with Crippen molar-refractivity contribution in [2.75, 3.05) is 0 Å². The summed E-state index contributed by atoms with van der Waals surface area (Å²) < 4.78 is 26.4. The number of aromatic nitrogens is 2. The number of nitrogens with zero attached hydrogens (tertiary/aromatic N) is 1.